The SMILES string of the molecule is CNc1n[nH]c2ccc(-c3cnc(F)c(N(C)C)c3)cc12. The number of aromatic amines is 1. The van der Waals surface area contributed by atoms with E-state index in [0.29, 0.717) is 5.69 Å². The van der Waals surface area contributed by atoms with Gasteiger partial charge < -0.3 is 10.2 Å². The van der Waals surface area contributed by atoms with Crippen molar-refractivity contribution in [2.75, 3.05) is 31.4 Å². The van der Waals surface area contributed by atoms with E-state index in [1.807, 2.05) is 25.2 Å². The highest BCUT2D eigenvalue weighted by Gasteiger charge is 2.10. The number of H-pyrrole nitrogens is 1. The molecule has 3 aromatic rings. The van der Waals surface area contributed by atoms with E-state index in [2.05, 4.69) is 20.5 Å². The summed E-state index contributed by atoms with van der Waals surface area (Å²) in [6.07, 6.45) is 1.54. The van der Waals surface area contributed by atoms with Crippen molar-refractivity contribution in [3.8, 4) is 11.1 Å². The number of hydrogen-bond donors (Lipinski definition) is 2. The molecule has 3 rings (SSSR count). The van der Waals surface area contributed by atoms with Crippen molar-refractivity contribution in [3.05, 3.63) is 36.4 Å². The number of nitrogens with one attached hydrogen (secondary N) is 2. The molecule has 0 aliphatic rings. The molecule has 0 saturated carbocycles. The molecule has 0 atom stereocenters. The predicted octanol–water partition coefficient (Wildman–Crippen LogP) is 2.87. The largest absolute Gasteiger partial charge is 0.374 e. The molecule has 0 aliphatic carbocycles. The van der Waals surface area contributed by atoms with Gasteiger partial charge in [0.05, 0.1) is 11.2 Å². The molecule has 1 aromatic carbocycles. The van der Waals surface area contributed by atoms with Crippen LogP contribution >= 0.6 is 0 Å². The van der Waals surface area contributed by atoms with Gasteiger partial charge in [-0.1, -0.05) is 6.07 Å². The Morgan fingerprint density at radius 3 is 2.71 bits per heavy atom. The zero-order valence-corrected chi connectivity index (χ0v) is 12.1. The first-order chi connectivity index (χ1) is 10.1. The summed E-state index contributed by atoms with van der Waals surface area (Å²) in [4.78, 5) is 5.55. The second kappa shape index (κ2) is 5.05. The maximum Gasteiger partial charge on any atom is 0.236 e. The molecule has 108 valence electrons. The van der Waals surface area contributed by atoms with Crippen molar-refractivity contribution in [3.63, 3.8) is 0 Å². The smallest absolute Gasteiger partial charge is 0.236 e. The summed E-state index contributed by atoms with van der Waals surface area (Å²) in [6.45, 7) is 0. The number of benzene rings is 1. The van der Waals surface area contributed by atoms with E-state index in [4.69, 9.17) is 0 Å². The van der Waals surface area contributed by atoms with Gasteiger partial charge in [0.25, 0.3) is 0 Å². The zero-order chi connectivity index (χ0) is 15.0. The van der Waals surface area contributed by atoms with E-state index < -0.39 is 5.95 Å². The molecule has 2 N–H and O–H groups in total. The fraction of sp³-hybridized carbons (Fsp3) is 0.200. The Balaban J connectivity index is 2.13. The van der Waals surface area contributed by atoms with Crippen LogP contribution in [-0.4, -0.2) is 36.3 Å². The quantitative estimate of drug-likeness (QED) is 0.727. The lowest BCUT2D eigenvalue weighted by molar-refractivity contribution is 0.583. The van der Waals surface area contributed by atoms with E-state index >= 15 is 0 Å². The highest BCUT2D eigenvalue weighted by molar-refractivity contribution is 5.93. The molecular formula is C15H16FN5. The Labute approximate surface area is 121 Å². The van der Waals surface area contributed by atoms with Gasteiger partial charge >= 0.3 is 0 Å². The lowest BCUT2D eigenvalue weighted by Crippen LogP contribution is -2.11. The van der Waals surface area contributed by atoms with E-state index in [9.17, 15) is 4.39 Å². The molecule has 0 bridgehead atoms. The molecule has 0 aliphatic heterocycles. The normalized spacial score (nSPS) is 10.9. The number of nitrogens with zero attached hydrogens (tertiary/aromatic N) is 3. The first-order valence-electron chi connectivity index (χ1n) is 6.59. The summed E-state index contributed by atoms with van der Waals surface area (Å²) in [6, 6.07) is 7.73. The van der Waals surface area contributed by atoms with Crippen molar-refractivity contribution >= 4 is 22.4 Å². The number of aromatic nitrogens is 3. The van der Waals surface area contributed by atoms with Crippen LogP contribution < -0.4 is 10.2 Å². The Kier molecular flexibility index (Phi) is 3.21. The maximum atomic E-state index is 13.7. The van der Waals surface area contributed by atoms with Crippen LogP contribution in [0.1, 0.15) is 0 Å². The van der Waals surface area contributed by atoms with Gasteiger partial charge in [-0.15, -0.1) is 0 Å². The molecule has 2 aromatic heterocycles. The summed E-state index contributed by atoms with van der Waals surface area (Å²) < 4.78 is 13.7. The Morgan fingerprint density at radius 1 is 1.19 bits per heavy atom. The second-order valence-electron chi connectivity index (χ2n) is 5.01. The van der Waals surface area contributed by atoms with Gasteiger partial charge in [-0.25, -0.2) is 4.98 Å². The monoisotopic (exact) mass is 285 g/mol. The van der Waals surface area contributed by atoms with Gasteiger partial charge in [-0.3, -0.25) is 5.10 Å². The molecule has 0 spiro atoms. The molecule has 0 fully saturated rings. The minimum atomic E-state index is -0.468. The van der Waals surface area contributed by atoms with Gasteiger partial charge in [0.15, 0.2) is 5.82 Å². The molecule has 0 amide bonds. The summed E-state index contributed by atoms with van der Waals surface area (Å²) in [7, 11) is 5.41. The fourth-order valence-corrected chi connectivity index (χ4v) is 2.29. The van der Waals surface area contributed by atoms with Crippen LogP contribution in [0.15, 0.2) is 30.5 Å². The van der Waals surface area contributed by atoms with Gasteiger partial charge in [0, 0.05) is 38.3 Å². The third-order valence-electron chi connectivity index (χ3n) is 3.44. The van der Waals surface area contributed by atoms with Crippen LogP contribution in [0.2, 0.25) is 0 Å². The minimum Gasteiger partial charge on any atom is -0.374 e. The van der Waals surface area contributed by atoms with Crippen molar-refractivity contribution in [2.45, 2.75) is 0 Å². The first-order valence-corrected chi connectivity index (χ1v) is 6.59. The topological polar surface area (TPSA) is 56.8 Å². The lowest BCUT2D eigenvalue weighted by atomic mass is 10.1. The minimum absolute atomic E-state index is 0.466. The molecular weight excluding hydrogens is 269 g/mol. The molecule has 5 nitrogen and oxygen atoms in total. The second-order valence-corrected chi connectivity index (χ2v) is 5.01. The first kappa shape index (κ1) is 13.4. The van der Waals surface area contributed by atoms with Crippen molar-refractivity contribution < 1.29 is 4.39 Å². The van der Waals surface area contributed by atoms with E-state index in [1.54, 1.807) is 31.3 Å². The predicted molar refractivity (Wildman–Crippen MR) is 83.2 cm³/mol. The highest BCUT2D eigenvalue weighted by atomic mass is 19.1. The summed E-state index contributed by atoms with van der Waals surface area (Å²) in [5.74, 6) is 0.318. The third kappa shape index (κ3) is 2.29. The van der Waals surface area contributed by atoms with Gasteiger partial charge in [-0.2, -0.15) is 9.49 Å². The number of fused-ring (bicyclic) bond motifs is 1. The van der Waals surface area contributed by atoms with Gasteiger partial charge in [0.1, 0.15) is 0 Å². The molecule has 6 heteroatoms. The van der Waals surface area contributed by atoms with Crippen LogP contribution in [0, 0.1) is 5.95 Å². The molecule has 0 radical (unpaired) electrons. The third-order valence-corrected chi connectivity index (χ3v) is 3.44. The fourth-order valence-electron chi connectivity index (χ4n) is 2.29. The zero-order valence-electron chi connectivity index (χ0n) is 12.1. The maximum absolute atomic E-state index is 13.7. The lowest BCUT2D eigenvalue weighted by Gasteiger charge is -2.14. The van der Waals surface area contributed by atoms with Crippen molar-refractivity contribution in [2.24, 2.45) is 0 Å². The highest BCUT2D eigenvalue weighted by Crippen LogP contribution is 2.29. The number of halogens is 1. The summed E-state index contributed by atoms with van der Waals surface area (Å²) in [5.41, 5.74) is 3.25. The number of rotatable bonds is 3. The molecule has 21 heavy (non-hydrogen) atoms. The van der Waals surface area contributed by atoms with Crippen LogP contribution in [0.5, 0.6) is 0 Å². The average molecular weight is 285 g/mol. The Bertz CT molecular complexity index is 794. The standard InChI is InChI=1S/C15H16FN5/c1-17-15-11-6-9(4-5-12(11)19-20-15)10-7-13(21(2)3)14(16)18-8-10/h4-8H,1-3H3,(H2,17,19,20). The van der Waals surface area contributed by atoms with Crippen LogP contribution in [-0.2, 0) is 0 Å². The van der Waals surface area contributed by atoms with E-state index in [0.717, 1.165) is 27.8 Å². The molecule has 0 saturated heterocycles. The van der Waals surface area contributed by atoms with Crippen LogP contribution in [0.25, 0.3) is 22.0 Å². The van der Waals surface area contributed by atoms with E-state index in [-0.39, 0.29) is 0 Å². The van der Waals surface area contributed by atoms with E-state index in [1.165, 1.54) is 0 Å². The van der Waals surface area contributed by atoms with Crippen molar-refractivity contribution in [1.82, 2.24) is 15.2 Å². The van der Waals surface area contributed by atoms with Crippen molar-refractivity contribution in [1.29, 1.82) is 0 Å². The van der Waals surface area contributed by atoms with Crippen LogP contribution in [0.3, 0.4) is 0 Å². The molecule has 0 unspecified atom stereocenters. The summed E-state index contributed by atoms with van der Waals surface area (Å²) >= 11 is 0. The number of pyridine rings is 1. The molecule has 2 heterocycles. The van der Waals surface area contributed by atoms with Gasteiger partial charge in [-0.05, 0) is 23.8 Å². The van der Waals surface area contributed by atoms with Crippen LogP contribution in [0.4, 0.5) is 15.9 Å². The Morgan fingerprint density at radius 2 is 2.00 bits per heavy atom. The Hall–Kier alpha value is -2.63. The van der Waals surface area contributed by atoms with Gasteiger partial charge in [0.2, 0.25) is 5.95 Å². The number of anilines is 2. The average Bonchev–Trinajstić information content (AvgIpc) is 2.89. The summed E-state index contributed by atoms with van der Waals surface area (Å²) in [5, 5.41) is 11.2. The number of hydrogen-bond acceptors (Lipinski definition) is 4.